The van der Waals surface area contributed by atoms with Crippen molar-refractivity contribution in [3.63, 3.8) is 0 Å². The molecule has 4 aromatic carbocycles. The summed E-state index contributed by atoms with van der Waals surface area (Å²) in [5, 5.41) is 8.89. The van der Waals surface area contributed by atoms with E-state index in [1.165, 1.54) is 0 Å². The zero-order chi connectivity index (χ0) is 24.5. The lowest BCUT2D eigenvalue weighted by Crippen LogP contribution is -2.38. The van der Waals surface area contributed by atoms with E-state index in [0.717, 1.165) is 16.7 Å². The van der Waals surface area contributed by atoms with Gasteiger partial charge in [-0.25, -0.2) is 0 Å². The van der Waals surface area contributed by atoms with Gasteiger partial charge in [0.2, 0.25) is 5.91 Å². The van der Waals surface area contributed by atoms with E-state index in [1.54, 1.807) is 24.3 Å². The van der Waals surface area contributed by atoms with Crippen LogP contribution in [0.1, 0.15) is 33.0 Å². The Labute approximate surface area is 210 Å². The fourth-order valence-corrected chi connectivity index (χ4v) is 3.97. The Morgan fingerprint density at radius 2 is 1.29 bits per heavy atom. The number of carbonyl (C=O) groups is 2. The maximum atomic E-state index is 13.2. The smallest absolute Gasteiger partial charge is 0.251 e. The van der Waals surface area contributed by atoms with Crippen molar-refractivity contribution < 1.29 is 9.59 Å². The predicted molar refractivity (Wildman–Crippen MR) is 143 cm³/mol. The van der Waals surface area contributed by atoms with Gasteiger partial charge in [-0.05, 0) is 47.1 Å². The third-order valence-electron chi connectivity index (χ3n) is 5.44. The summed E-state index contributed by atoms with van der Waals surface area (Å²) in [7, 11) is 0. The molecule has 0 bridgehead atoms. The molecule has 0 spiro atoms. The molecule has 0 saturated heterocycles. The van der Waals surface area contributed by atoms with Crippen LogP contribution < -0.4 is 16.0 Å². The van der Waals surface area contributed by atoms with Crippen LogP contribution in [0.15, 0.2) is 115 Å². The molecule has 0 saturated carbocycles. The topological polar surface area (TPSA) is 70.2 Å². The molecule has 0 atom stereocenters. The van der Waals surface area contributed by atoms with Gasteiger partial charge >= 0.3 is 0 Å². The summed E-state index contributed by atoms with van der Waals surface area (Å²) in [5.41, 5.74) is 3.86. The molecule has 6 heteroatoms. The van der Waals surface area contributed by atoms with Gasteiger partial charge in [-0.2, -0.15) is 0 Å². The van der Waals surface area contributed by atoms with Crippen molar-refractivity contribution >= 4 is 34.8 Å². The summed E-state index contributed by atoms with van der Waals surface area (Å²) in [6.45, 7) is 0.437. The Kier molecular flexibility index (Phi) is 7.99. The van der Waals surface area contributed by atoms with E-state index in [-0.39, 0.29) is 16.9 Å². The maximum Gasteiger partial charge on any atom is 0.251 e. The first kappa shape index (κ1) is 23.9. The van der Waals surface area contributed by atoms with Crippen LogP contribution in [-0.4, -0.2) is 16.9 Å². The van der Waals surface area contributed by atoms with Gasteiger partial charge in [0, 0.05) is 17.8 Å². The molecule has 0 aliphatic rings. The number of hydrogen-bond acceptors (Lipinski definition) is 3. The zero-order valence-corrected chi connectivity index (χ0v) is 19.8. The number of anilines is 1. The third-order valence-corrected chi connectivity index (χ3v) is 5.65. The maximum absolute atomic E-state index is 13.2. The van der Waals surface area contributed by atoms with Crippen molar-refractivity contribution in [1.82, 2.24) is 10.6 Å². The number of carbonyl (C=O) groups excluding carboxylic acids is 2. The Bertz CT molecular complexity index is 1260. The SMILES string of the molecule is O=C(NCc1ccccc1)c1cccc(NC(=S)NC(=O)C(c2ccccc2)c2ccccc2)c1. The highest BCUT2D eigenvalue weighted by molar-refractivity contribution is 7.80. The highest BCUT2D eigenvalue weighted by Crippen LogP contribution is 2.24. The van der Waals surface area contributed by atoms with E-state index in [1.807, 2.05) is 91.0 Å². The van der Waals surface area contributed by atoms with Crippen LogP contribution in [-0.2, 0) is 11.3 Å². The number of thiocarbonyl (C=S) groups is 1. The Morgan fingerprint density at radius 3 is 1.89 bits per heavy atom. The van der Waals surface area contributed by atoms with E-state index in [2.05, 4.69) is 16.0 Å². The highest BCUT2D eigenvalue weighted by Gasteiger charge is 2.23. The van der Waals surface area contributed by atoms with Gasteiger partial charge in [-0.15, -0.1) is 0 Å². The minimum absolute atomic E-state index is 0.161. The van der Waals surface area contributed by atoms with E-state index in [0.29, 0.717) is 17.8 Å². The minimum atomic E-state index is -0.507. The summed E-state index contributed by atoms with van der Waals surface area (Å²) in [6.07, 6.45) is 0. The Morgan fingerprint density at radius 1 is 0.714 bits per heavy atom. The summed E-state index contributed by atoms with van der Waals surface area (Å²) in [4.78, 5) is 25.8. The lowest BCUT2D eigenvalue weighted by molar-refractivity contribution is -0.120. The van der Waals surface area contributed by atoms with Crippen molar-refractivity contribution in [1.29, 1.82) is 0 Å². The second kappa shape index (κ2) is 11.7. The van der Waals surface area contributed by atoms with Crippen LogP contribution in [0.2, 0.25) is 0 Å². The van der Waals surface area contributed by atoms with E-state index in [9.17, 15) is 9.59 Å². The second-order valence-electron chi connectivity index (χ2n) is 7.95. The van der Waals surface area contributed by atoms with E-state index in [4.69, 9.17) is 12.2 Å². The third kappa shape index (κ3) is 6.62. The van der Waals surface area contributed by atoms with Gasteiger partial charge in [0.1, 0.15) is 0 Å². The van der Waals surface area contributed by atoms with Crippen molar-refractivity contribution in [2.24, 2.45) is 0 Å². The molecular weight excluding hydrogens is 454 g/mol. The lowest BCUT2D eigenvalue weighted by atomic mass is 9.90. The van der Waals surface area contributed by atoms with E-state index >= 15 is 0 Å². The lowest BCUT2D eigenvalue weighted by Gasteiger charge is -2.19. The molecule has 4 aromatic rings. The van der Waals surface area contributed by atoms with Gasteiger partial charge in [-0.3, -0.25) is 9.59 Å². The molecule has 0 radical (unpaired) electrons. The summed E-state index contributed by atoms with van der Waals surface area (Å²) in [5.74, 6) is -0.940. The van der Waals surface area contributed by atoms with Gasteiger partial charge in [0.05, 0.1) is 5.92 Å². The number of amides is 2. The molecule has 174 valence electrons. The quantitative estimate of drug-likeness (QED) is 0.316. The average molecular weight is 480 g/mol. The van der Waals surface area contributed by atoms with Gasteiger partial charge in [-0.1, -0.05) is 97.1 Å². The molecule has 0 unspecified atom stereocenters. The number of hydrogen-bond donors (Lipinski definition) is 3. The van der Waals surface area contributed by atoms with E-state index < -0.39 is 5.92 Å². The molecule has 4 rings (SSSR count). The van der Waals surface area contributed by atoms with Crippen LogP contribution >= 0.6 is 12.2 Å². The highest BCUT2D eigenvalue weighted by atomic mass is 32.1. The summed E-state index contributed by atoms with van der Waals surface area (Å²) < 4.78 is 0. The normalized spacial score (nSPS) is 10.4. The summed E-state index contributed by atoms with van der Waals surface area (Å²) >= 11 is 5.41. The van der Waals surface area contributed by atoms with Crippen LogP contribution in [0.5, 0.6) is 0 Å². The molecule has 3 N–H and O–H groups in total. The largest absolute Gasteiger partial charge is 0.348 e. The number of nitrogens with one attached hydrogen (secondary N) is 3. The standard InChI is InChI=1S/C29H25N3O2S/c33-27(30-20-21-11-4-1-5-12-21)24-17-10-18-25(19-24)31-29(35)32-28(34)26(22-13-6-2-7-14-22)23-15-8-3-9-16-23/h1-19,26H,20H2,(H,30,33)(H2,31,32,34,35). The molecule has 5 nitrogen and oxygen atoms in total. The van der Waals surface area contributed by atoms with Gasteiger partial charge in [0.25, 0.3) is 5.91 Å². The average Bonchev–Trinajstić information content (AvgIpc) is 2.89. The fourth-order valence-electron chi connectivity index (χ4n) is 3.75. The molecule has 2 amide bonds. The Balaban J connectivity index is 1.41. The molecule has 0 aliphatic heterocycles. The molecule has 0 fully saturated rings. The van der Waals surface area contributed by atoms with Crippen molar-refractivity contribution in [3.05, 3.63) is 138 Å². The Hall–Kier alpha value is -4.29. The van der Waals surface area contributed by atoms with Gasteiger partial charge in [0.15, 0.2) is 5.11 Å². The fraction of sp³-hybridized carbons (Fsp3) is 0.0690. The first-order valence-electron chi connectivity index (χ1n) is 11.2. The summed E-state index contributed by atoms with van der Waals surface area (Å²) in [6, 6.07) is 35.8. The molecule has 0 aromatic heterocycles. The molecular formula is C29H25N3O2S. The first-order valence-corrected chi connectivity index (χ1v) is 11.6. The van der Waals surface area contributed by atoms with Crippen molar-refractivity contribution in [3.8, 4) is 0 Å². The molecule has 0 heterocycles. The molecule has 0 aliphatic carbocycles. The first-order chi connectivity index (χ1) is 17.1. The minimum Gasteiger partial charge on any atom is -0.348 e. The van der Waals surface area contributed by atoms with Crippen LogP contribution in [0.4, 0.5) is 5.69 Å². The number of rotatable bonds is 7. The zero-order valence-electron chi connectivity index (χ0n) is 19.0. The number of benzene rings is 4. The van der Waals surface area contributed by atoms with Gasteiger partial charge < -0.3 is 16.0 Å². The second-order valence-corrected chi connectivity index (χ2v) is 8.36. The van der Waals surface area contributed by atoms with Crippen LogP contribution in [0.3, 0.4) is 0 Å². The predicted octanol–water partition coefficient (Wildman–Crippen LogP) is 5.26. The molecule has 35 heavy (non-hydrogen) atoms. The monoisotopic (exact) mass is 479 g/mol. The van der Waals surface area contributed by atoms with Crippen LogP contribution in [0, 0.1) is 0 Å². The van der Waals surface area contributed by atoms with Crippen molar-refractivity contribution in [2.75, 3.05) is 5.32 Å². The van der Waals surface area contributed by atoms with Crippen molar-refractivity contribution in [2.45, 2.75) is 12.5 Å². The van der Waals surface area contributed by atoms with Crippen LogP contribution in [0.25, 0.3) is 0 Å².